The second-order valence-electron chi connectivity index (χ2n) is 5.46. The summed E-state index contributed by atoms with van der Waals surface area (Å²) in [6, 6.07) is 14.1. The molecule has 1 amide bonds. The van der Waals surface area contributed by atoms with Crippen LogP contribution in [0.15, 0.2) is 76.4 Å². The van der Waals surface area contributed by atoms with E-state index >= 15 is 0 Å². The van der Waals surface area contributed by atoms with E-state index in [1.807, 2.05) is 0 Å². The molecule has 0 unspecified atom stereocenters. The molecule has 0 aliphatic rings. The Bertz CT molecular complexity index is 1110. The van der Waals surface area contributed by atoms with Crippen LogP contribution in [-0.4, -0.2) is 19.3 Å². The number of rotatable bonds is 5. The van der Waals surface area contributed by atoms with Crippen LogP contribution in [0.1, 0.15) is 10.4 Å². The van der Waals surface area contributed by atoms with Crippen LogP contribution < -0.4 is 10.0 Å². The number of amides is 1. The normalized spacial score (nSPS) is 11.0. The second-order valence-corrected chi connectivity index (χ2v) is 8.46. The monoisotopic (exact) mass is 465 g/mol. The Kier molecular flexibility index (Phi) is 5.79. The molecule has 0 saturated heterocycles. The Hall–Kier alpha value is -2.42. The van der Waals surface area contributed by atoms with Gasteiger partial charge in [0.15, 0.2) is 0 Å². The minimum Gasteiger partial charge on any atom is -0.322 e. The van der Waals surface area contributed by atoms with E-state index in [-0.39, 0.29) is 15.6 Å². The average molecular weight is 467 g/mol. The zero-order valence-electron chi connectivity index (χ0n) is 13.7. The van der Waals surface area contributed by atoms with E-state index in [1.54, 1.807) is 42.6 Å². The van der Waals surface area contributed by atoms with Crippen molar-refractivity contribution in [1.82, 2.24) is 4.98 Å². The van der Waals surface area contributed by atoms with Gasteiger partial charge in [-0.2, -0.15) is 0 Å². The zero-order chi connectivity index (χ0) is 19.4. The lowest BCUT2D eigenvalue weighted by atomic mass is 10.2. The molecule has 2 aromatic carbocycles. The lowest BCUT2D eigenvalue weighted by Crippen LogP contribution is -2.15. The topological polar surface area (TPSA) is 88.2 Å². The Labute approximate surface area is 169 Å². The molecule has 27 heavy (non-hydrogen) atoms. The van der Waals surface area contributed by atoms with Crippen LogP contribution in [0.2, 0.25) is 5.02 Å². The van der Waals surface area contributed by atoms with Gasteiger partial charge in [-0.3, -0.25) is 14.5 Å². The standard InChI is InChI=1S/C18H13BrClN3O3S/c19-13-8-12(10-21-11-13)18(24)22-14-4-3-5-15(9-14)27(25,26)23-17-7-2-1-6-16(17)20/h1-11,23H,(H,22,24). The van der Waals surface area contributed by atoms with Gasteiger partial charge in [-0.05, 0) is 52.3 Å². The first-order chi connectivity index (χ1) is 12.8. The largest absolute Gasteiger partial charge is 0.322 e. The summed E-state index contributed by atoms with van der Waals surface area (Å²) < 4.78 is 28.3. The Morgan fingerprint density at radius 2 is 1.81 bits per heavy atom. The smallest absolute Gasteiger partial charge is 0.262 e. The summed E-state index contributed by atoms with van der Waals surface area (Å²) in [7, 11) is -3.87. The Morgan fingerprint density at radius 3 is 2.56 bits per heavy atom. The van der Waals surface area contributed by atoms with Crippen molar-refractivity contribution in [3.8, 4) is 0 Å². The number of carbonyl (C=O) groups excluding carboxylic acids is 1. The molecular formula is C18H13BrClN3O3S. The quantitative estimate of drug-likeness (QED) is 0.577. The van der Waals surface area contributed by atoms with Crippen molar-refractivity contribution in [2.24, 2.45) is 0 Å². The zero-order valence-corrected chi connectivity index (χ0v) is 16.8. The van der Waals surface area contributed by atoms with E-state index in [0.717, 1.165) is 0 Å². The molecule has 0 bridgehead atoms. The van der Waals surface area contributed by atoms with Gasteiger partial charge in [-0.25, -0.2) is 8.42 Å². The van der Waals surface area contributed by atoms with Gasteiger partial charge in [0.05, 0.1) is 21.2 Å². The average Bonchev–Trinajstić information content (AvgIpc) is 2.64. The number of pyridine rings is 1. The lowest BCUT2D eigenvalue weighted by Gasteiger charge is -2.11. The summed E-state index contributed by atoms with van der Waals surface area (Å²) in [4.78, 5) is 16.2. The molecule has 0 radical (unpaired) electrons. The number of halogens is 2. The van der Waals surface area contributed by atoms with Crippen molar-refractivity contribution in [2.75, 3.05) is 10.0 Å². The molecule has 0 aliphatic carbocycles. The molecule has 0 atom stereocenters. The van der Waals surface area contributed by atoms with Crippen molar-refractivity contribution in [3.05, 3.63) is 82.0 Å². The Morgan fingerprint density at radius 1 is 1.04 bits per heavy atom. The van der Waals surface area contributed by atoms with Gasteiger partial charge in [0.2, 0.25) is 0 Å². The van der Waals surface area contributed by atoms with Crippen molar-refractivity contribution in [1.29, 1.82) is 0 Å². The molecular weight excluding hydrogens is 454 g/mol. The van der Waals surface area contributed by atoms with E-state index < -0.39 is 15.9 Å². The van der Waals surface area contributed by atoms with Gasteiger partial charge < -0.3 is 5.32 Å². The molecule has 6 nitrogen and oxygen atoms in total. The number of sulfonamides is 1. The van der Waals surface area contributed by atoms with Crippen LogP contribution in [0.3, 0.4) is 0 Å². The maximum absolute atomic E-state index is 12.6. The first-order valence-electron chi connectivity index (χ1n) is 7.64. The molecule has 2 N–H and O–H groups in total. The number of benzene rings is 2. The summed E-state index contributed by atoms with van der Waals surface area (Å²) in [5.41, 5.74) is 0.947. The fourth-order valence-corrected chi connectivity index (χ4v) is 3.96. The predicted octanol–water partition coefficient (Wildman–Crippen LogP) is 4.55. The van der Waals surface area contributed by atoms with Crippen molar-refractivity contribution < 1.29 is 13.2 Å². The number of hydrogen-bond donors (Lipinski definition) is 2. The van der Waals surface area contributed by atoms with E-state index in [4.69, 9.17) is 11.6 Å². The first kappa shape index (κ1) is 19.3. The lowest BCUT2D eigenvalue weighted by molar-refractivity contribution is 0.102. The second kappa shape index (κ2) is 8.08. The summed E-state index contributed by atoms with van der Waals surface area (Å²) in [5, 5.41) is 2.94. The number of aromatic nitrogens is 1. The van der Waals surface area contributed by atoms with Crippen LogP contribution in [-0.2, 0) is 10.0 Å². The molecule has 138 valence electrons. The summed E-state index contributed by atoms with van der Waals surface area (Å²) >= 11 is 9.25. The van der Waals surface area contributed by atoms with Gasteiger partial charge >= 0.3 is 0 Å². The third-order valence-corrected chi connectivity index (χ3v) is 5.61. The number of anilines is 2. The number of nitrogens with zero attached hydrogens (tertiary/aromatic N) is 1. The fourth-order valence-electron chi connectivity index (χ4n) is 2.23. The summed E-state index contributed by atoms with van der Waals surface area (Å²) in [6.45, 7) is 0. The van der Waals surface area contributed by atoms with Crippen LogP contribution in [0.4, 0.5) is 11.4 Å². The minimum absolute atomic E-state index is 0.00686. The summed E-state index contributed by atoms with van der Waals surface area (Å²) in [6.07, 6.45) is 2.98. The minimum atomic E-state index is -3.87. The molecule has 9 heteroatoms. The van der Waals surface area contributed by atoms with Gasteiger partial charge in [-0.15, -0.1) is 0 Å². The molecule has 0 aliphatic heterocycles. The number of nitrogens with one attached hydrogen (secondary N) is 2. The fraction of sp³-hybridized carbons (Fsp3) is 0. The number of carbonyl (C=O) groups is 1. The predicted molar refractivity (Wildman–Crippen MR) is 109 cm³/mol. The molecule has 0 spiro atoms. The Balaban J connectivity index is 1.82. The highest BCUT2D eigenvalue weighted by Gasteiger charge is 2.17. The van der Waals surface area contributed by atoms with Gasteiger partial charge in [0.25, 0.3) is 15.9 Å². The van der Waals surface area contributed by atoms with Crippen molar-refractivity contribution >= 4 is 54.8 Å². The molecule has 0 fully saturated rings. The van der Waals surface area contributed by atoms with E-state index in [1.165, 1.54) is 24.4 Å². The summed E-state index contributed by atoms with van der Waals surface area (Å²) in [5.74, 6) is -0.405. The van der Waals surface area contributed by atoms with E-state index in [2.05, 4.69) is 31.0 Å². The molecule has 1 heterocycles. The van der Waals surface area contributed by atoms with E-state index in [0.29, 0.717) is 15.7 Å². The van der Waals surface area contributed by atoms with Gasteiger partial charge in [0.1, 0.15) is 0 Å². The maximum Gasteiger partial charge on any atom is 0.262 e. The highest BCUT2D eigenvalue weighted by Crippen LogP contribution is 2.25. The third kappa shape index (κ3) is 4.85. The molecule has 0 saturated carbocycles. The maximum atomic E-state index is 12.6. The van der Waals surface area contributed by atoms with Gasteiger partial charge in [-0.1, -0.05) is 29.8 Å². The van der Waals surface area contributed by atoms with Crippen molar-refractivity contribution in [3.63, 3.8) is 0 Å². The van der Waals surface area contributed by atoms with Crippen molar-refractivity contribution in [2.45, 2.75) is 4.90 Å². The molecule has 1 aromatic heterocycles. The molecule has 3 rings (SSSR count). The highest BCUT2D eigenvalue weighted by atomic mass is 79.9. The number of para-hydroxylation sites is 1. The first-order valence-corrected chi connectivity index (χ1v) is 10.3. The van der Waals surface area contributed by atoms with Crippen LogP contribution >= 0.6 is 27.5 Å². The van der Waals surface area contributed by atoms with Gasteiger partial charge in [0, 0.05) is 22.6 Å². The van der Waals surface area contributed by atoms with Crippen LogP contribution in [0.5, 0.6) is 0 Å². The highest BCUT2D eigenvalue weighted by molar-refractivity contribution is 9.10. The van der Waals surface area contributed by atoms with Crippen LogP contribution in [0, 0.1) is 0 Å². The van der Waals surface area contributed by atoms with Crippen LogP contribution in [0.25, 0.3) is 0 Å². The van der Waals surface area contributed by atoms with E-state index in [9.17, 15) is 13.2 Å². The SMILES string of the molecule is O=C(Nc1cccc(S(=O)(=O)Nc2ccccc2Cl)c1)c1cncc(Br)c1. The number of hydrogen-bond acceptors (Lipinski definition) is 4. The molecule has 3 aromatic rings. The third-order valence-electron chi connectivity index (χ3n) is 3.49.